The standard InChI is InChI=1S/C19H20FN4O/c1-19(2)13-24(18(25)23(19)4)17-21-11-15(12-22(17)3)9-8-14-6-5-7-16(20)10-14/h5-7,10-12H,13H2,1-4H3/q+1. The number of benzene rings is 1. The highest BCUT2D eigenvalue weighted by molar-refractivity contribution is 5.92. The number of likely N-dealkylation sites (N-methyl/N-ethyl adjacent to an activating group) is 1. The maximum atomic E-state index is 13.2. The van der Waals surface area contributed by atoms with Crippen LogP contribution in [0.25, 0.3) is 0 Å². The second-order valence-corrected chi connectivity index (χ2v) is 6.75. The summed E-state index contributed by atoms with van der Waals surface area (Å²) in [5.74, 6) is 6.14. The molecule has 1 aromatic carbocycles. The van der Waals surface area contributed by atoms with Gasteiger partial charge in [-0.2, -0.15) is 4.90 Å². The zero-order valence-corrected chi connectivity index (χ0v) is 14.7. The van der Waals surface area contributed by atoms with E-state index in [9.17, 15) is 9.18 Å². The van der Waals surface area contributed by atoms with Crippen LogP contribution in [0, 0.1) is 17.7 Å². The van der Waals surface area contributed by atoms with Crippen molar-refractivity contribution in [3.05, 3.63) is 53.6 Å². The first-order valence-electron chi connectivity index (χ1n) is 7.96. The van der Waals surface area contributed by atoms with Crippen molar-refractivity contribution in [2.75, 3.05) is 18.5 Å². The predicted molar refractivity (Wildman–Crippen MR) is 92.4 cm³/mol. The molecule has 2 amide bonds. The molecule has 0 radical (unpaired) electrons. The van der Waals surface area contributed by atoms with E-state index in [-0.39, 0.29) is 17.4 Å². The monoisotopic (exact) mass is 339 g/mol. The molecule has 1 aromatic heterocycles. The van der Waals surface area contributed by atoms with Crippen LogP contribution in [0.5, 0.6) is 0 Å². The largest absolute Gasteiger partial charge is 0.402 e. The topological polar surface area (TPSA) is 40.3 Å². The summed E-state index contributed by atoms with van der Waals surface area (Å²) in [5, 5.41) is 0. The average Bonchev–Trinajstić information content (AvgIpc) is 2.76. The van der Waals surface area contributed by atoms with Gasteiger partial charge in [-0.3, -0.25) is 0 Å². The molecule has 128 valence electrons. The van der Waals surface area contributed by atoms with Gasteiger partial charge in [0.15, 0.2) is 0 Å². The Morgan fingerprint density at radius 3 is 2.60 bits per heavy atom. The number of amides is 2. The number of urea groups is 1. The molecule has 1 saturated heterocycles. The van der Waals surface area contributed by atoms with Crippen molar-refractivity contribution in [2.24, 2.45) is 7.05 Å². The molecule has 0 unspecified atom stereocenters. The third-order valence-corrected chi connectivity index (χ3v) is 4.36. The number of aromatic nitrogens is 2. The van der Waals surface area contributed by atoms with Crippen molar-refractivity contribution in [2.45, 2.75) is 19.4 Å². The molecule has 0 spiro atoms. The van der Waals surface area contributed by atoms with Gasteiger partial charge in [0.05, 0.1) is 30.9 Å². The van der Waals surface area contributed by atoms with Crippen LogP contribution in [0.15, 0.2) is 36.7 Å². The quantitative estimate of drug-likeness (QED) is 0.590. The van der Waals surface area contributed by atoms with Crippen LogP contribution in [-0.4, -0.2) is 35.0 Å². The van der Waals surface area contributed by atoms with Gasteiger partial charge in [0.25, 0.3) is 0 Å². The van der Waals surface area contributed by atoms with E-state index in [1.165, 1.54) is 12.1 Å². The Bertz CT molecular complexity index is 898. The summed E-state index contributed by atoms with van der Waals surface area (Å²) in [6.07, 6.45) is 3.44. The van der Waals surface area contributed by atoms with Crippen LogP contribution in [-0.2, 0) is 7.05 Å². The molecule has 0 saturated carbocycles. The number of rotatable bonds is 1. The fraction of sp³-hybridized carbons (Fsp3) is 0.316. The van der Waals surface area contributed by atoms with E-state index in [0.29, 0.717) is 23.6 Å². The minimum atomic E-state index is -0.315. The average molecular weight is 339 g/mol. The summed E-state index contributed by atoms with van der Waals surface area (Å²) in [6, 6.07) is 6.06. The van der Waals surface area contributed by atoms with Crippen molar-refractivity contribution in [1.82, 2.24) is 9.88 Å². The van der Waals surface area contributed by atoms with Crippen LogP contribution < -0.4 is 9.47 Å². The summed E-state index contributed by atoms with van der Waals surface area (Å²) in [4.78, 5) is 20.2. The molecular formula is C19H20FN4O+. The molecule has 0 N–H and O–H groups in total. The van der Waals surface area contributed by atoms with Gasteiger partial charge in [0.2, 0.25) is 0 Å². The molecule has 1 aliphatic rings. The number of carbonyl (C=O) groups excluding carboxylic acids is 1. The van der Waals surface area contributed by atoms with E-state index in [4.69, 9.17) is 0 Å². The fourth-order valence-electron chi connectivity index (χ4n) is 2.71. The second kappa shape index (κ2) is 6.17. The Balaban J connectivity index is 1.87. The first-order chi connectivity index (χ1) is 11.8. The summed E-state index contributed by atoms with van der Waals surface area (Å²) in [5.41, 5.74) is 1.04. The van der Waals surface area contributed by atoms with Crippen molar-refractivity contribution in [1.29, 1.82) is 0 Å². The van der Waals surface area contributed by atoms with Gasteiger partial charge in [-0.25, -0.2) is 13.8 Å². The molecule has 3 rings (SSSR count). The van der Waals surface area contributed by atoms with Gasteiger partial charge in [0, 0.05) is 12.6 Å². The molecule has 5 nitrogen and oxygen atoms in total. The van der Waals surface area contributed by atoms with Gasteiger partial charge in [-0.05, 0) is 32.0 Å². The molecule has 2 heterocycles. The Morgan fingerprint density at radius 1 is 1.28 bits per heavy atom. The lowest BCUT2D eigenvalue weighted by Crippen LogP contribution is -2.42. The normalized spacial score (nSPS) is 16.0. The van der Waals surface area contributed by atoms with E-state index < -0.39 is 0 Å². The minimum absolute atomic E-state index is 0.0771. The smallest absolute Gasteiger partial charge is 0.306 e. The highest BCUT2D eigenvalue weighted by atomic mass is 19.1. The number of hydrogen-bond donors (Lipinski definition) is 0. The maximum Gasteiger partial charge on any atom is 0.402 e. The van der Waals surface area contributed by atoms with Crippen molar-refractivity contribution < 1.29 is 13.8 Å². The summed E-state index contributed by atoms with van der Waals surface area (Å²) in [7, 11) is 3.62. The third kappa shape index (κ3) is 3.31. The van der Waals surface area contributed by atoms with Crippen molar-refractivity contribution in [3.63, 3.8) is 0 Å². The molecule has 0 atom stereocenters. The summed E-state index contributed by atoms with van der Waals surface area (Å²) < 4.78 is 15.0. The lowest BCUT2D eigenvalue weighted by molar-refractivity contribution is -0.661. The van der Waals surface area contributed by atoms with E-state index in [1.807, 2.05) is 27.1 Å². The number of halogens is 1. The molecule has 25 heavy (non-hydrogen) atoms. The van der Waals surface area contributed by atoms with Gasteiger partial charge in [0.1, 0.15) is 12.0 Å². The Morgan fingerprint density at radius 2 is 2.00 bits per heavy atom. The van der Waals surface area contributed by atoms with Gasteiger partial charge < -0.3 is 4.90 Å². The Labute approximate surface area is 146 Å². The van der Waals surface area contributed by atoms with E-state index in [0.717, 1.165) is 0 Å². The lowest BCUT2D eigenvalue weighted by Gasteiger charge is -2.23. The van der Waals surface area contributed by atoms with Crippen LogP contribution in [0.2, 0.25) is 0 Å². The Kier molecular flexibility index (Phi) is 4.17. The fourth-order valence-corrected chi connectivity index (χ4v) is 2.71. The second-order valence-electron chi connectivity index (χ2n) is 6.75. The van der Waals surface area contributed by atoms with Gasteiger partial charge in [-0.1, -0.05) is 22.9 Å². The number of aryl methyl sites for hydroxylation is 1. The maximum absolute atomic E-state index is 13.2. The molecule has 0 aliphatic carbocycles. The van der Waals surface area contributed by atoms with Gasteiger partial charge in [-0.15, -0.1) is 0 Å². The molecule has 0 bridgehead atoms. The third-order valence-electron chi connectivity index (χ3n) is 4.36. The zero-order valence-electron chi connectivity index (χ0n) is 14.7. The van der Waals surface area contributed by atoms with E-state index in [1.54, 1.807) is 39.7 Å². The zero-order chi connectivity index (χ0) is 18.2. The van der Waals surface area contributed by atoms with Crippen molar-refractivity contribution >= 4 is 12.0 Å². The lowest BCUT2D eigenvalue weighted by atomic mass is 10.1. The predicted octanol–water partition coefficient (Wildman–Crippen LogP) is 2.10. The molecule has 6 heteroatoms. The number of carbonyl (C=O) groups is 1. The molecular weight excluding hydrogens is 319 g/mol. The highest BCUT2D eigenvalue weighted by Crippen LogP contribution is 2.26. The Hall–Kier alpha value is -2.94. The number of hydrogen-bond acceptors (Lipinski definition) is 2. The van der Waals surface area contributed by atoms with Crippen LogP contribution >= 0.6 is 0 Å². The summed E-state index contributed by atoms with van der Waals surface area (Å²) >= 11 is 0. The molecule has 2 aromatic rings. The van der Waals surface area contributed by atoms with Crippen molar-refractivity contribution in [3.8, 4) is 11.8 Å². The summed E-state index contributed by atoms with van der Waals surface area (Å²) in [6.45, 7) is 4.60. The SMILES string of the molecule is CN1C(=O)N(c2ncc(C#Cc3cccc(F)c3)c[n+]2C)CC1(C)C. The first-order valence-corrected chi connectivity index (χ1v) is 7.96. The van der Waals surface area contributed by atoms with E-state index in [2.05, 4.69) is 16.8 Å². The number of nitrogens with zero attached hydrogens (tertiary/aromatic N) is 4. The first kappa shape index (κ1) is 16.9. The molecule has 1 fully saturated rings. The van der Waals surface area contributed by atoms with E-state index >= 15 is 0 Å². The molecule has 1 aliphatic heterocycles. The van der Waals surface area contributed by atoms with Crippen LogP contribution in [0.1, 0.15) is 25.0 Å². The number of anilines is 1. The van der Waals surface area contributed by atoms with Crippen LogP contribution in [0.4, 0.5) is 15.1 Å². The minimum Gasteiger partial charge on any atom is -0.306 e. The highest BCUT2D eigenvalue weighted by Gasteiger charge is 2.47. The van der Waals surface area contributed by atoms with Crippen LogP contribution in [0.3, 0.4) is 0 Å². The van der Waals surface area contributed by atoms with Gasteiger partial charge >= 0.3 is 12.0 Å².